The van der Waals surface area contributed by atoms with Crippen molar-refractivity contribution in [3.8, 4) is 0 Å². The van der Waals surface area contributed by atoms with E-state index in [2.05, 4.69) is 6.58 Å². The molecule has 0 saturated heterocycles. The third kappa shape index (κ3) is 1.70. The second-order valence-corrected chi connectivity index (χ2v) is 5.88. The van der Waals surface area contributed by atoms with E-state index in [0.717, 1.165) is 0 Å². The maximum absolute atomic E-state index is 9.74. The number of allylic oxidation sites excluding steroid dienone is 1. The Hall–Kier alpha value is 0.860. The highest BCUT2D eigenvalue weighted by Crippen LogP contribution is 2.56. The van der Waals surface area contributed by atoms with Crippen LogP contribution in [0.3, 0.4) is 0 Å². The first-order chi connectivity index (χ1) is 5.77. The zero-order valence-corrected chi connectivity index (χ0v) is 9.89. The molecule has 1 saturated carbocycles. The van der Waals surface area contributed by atoms with Crippen LogP contribution in [0.5, 0.6) is 0 Å². The Morgan fingerprint density at radius 3 is 2.08 bits per heavy atom. The Bertz CT molecular complexity index is 226. The third-order valence-electron chi connectivity index (χ3n) is 2.38. The molecule has 0 bridgehead atoms. The molecule has 0 spiro atoms. The highest BCUT2D eigenvalue weighted by atomic mass is 35.5. The first kappa shape index (κ1) is 11.9. The van der Waals surface area contributed by atoms with E-state index < -0.39 is 14.3 Å². The summed E-state index contributed by atoms with van der Waals surface area (Å²) in [5.41, 5.74) is 0. The summed E-state index contributed by atoms with van der Waals surface area (Å²) in [5.74, 6) is 0. The summed E-state index contributed by atoms with van der Waals surface area (Å²) in [6.07, 6.45) is 2.97. The fourth-order valence-electron chi connectivity index (χ4n) is 1.44. The summed E-state index contributed by atoms with van der Waals surface area (Å²) in [7, 11) is 0. The minimum Gasteiger partial charge on any atom is -0.372 e. The predicted molar refractivity (Wildman–Crippen MR) is 57.9 cm³/mol. The van der Waals surface area contributed by atoms with Crippen LogP contribution < -0.4 is 0 Å². The van der Waals surface area contributed by atoms with Gasteiger partial charge in [0.15, 0.2) is 9.39 Å². The standard InChI is InChI=1S/C8H10Cl4O/c1-2-6(9)4-3-5-7(10,13)8(6,11)12/h2,13H,1,3-5H2. The Balaban J connectivity index is 3.08. The summed E-state index contributed by atoms with van der Waals surface area (Å²) in [5, 5.41) is 8.05. The second kappa shape index (κ2) is 3.46. The van der Waals surface area contributed by atoms with Crippen LogP contribution in [-0.4, -0.2) is 19.4 Å². The molecule has 0 aromatic carbocycles. The Labute approximate surface area is 97.6 Å². The summed E-state index contributed by atoms with van der Waals surface area (Å²) < 4.78 is -1.61. The molecule has 0 aromatic rings. The molecule has 1 fully saturated rings. The van der Waals surface area contributed by atoms with Crippen LogP contribution in [0.1, 0.15) is 19.3 Å². The molecule has 0 heterocycles. The van der Waals surface area contributed by atoms with Gasteiger partial charge in [-0.05, 0) is 19.3 Å². The minimum absolute atomic E-state index is 0.323. The van der Waals surface area contributed by atoms with E-state index in [9.17, 15) is 5.11 Å². The molecule has 1 rings (SSSR count). The number of rotatable bonds is 1. The number of aliphatic hydroxyl groups is 1. The van der Waals surface area contributed by atoms with Crippen LogP contribution in [0.15, 0.2) is 12.7 Å². The minimum atomic E-state index is -1.69. The molecular formula is C8H10Cl4O. The van der Waals surface area contributed by atoms with Gasteiger partial charge in [0.25, 0.3) is 0 Å². The van der Waals surface area contributed by atoms with Gasteiger partial charge in [0.1, 0.15) is 0 Å². The first-order valence-electron chi connectivity index (χ1n) is 3.88. The van der Waals surface area contributed by atoms with Gasteiger partial charge in [0.2, 0.25) is 0 Å². The summed E-state index contributed by atoms with van der Waals surface area (Å²) in [6.45, 7) is 3.55. The van der Waals surface area contributed by atoms with Crippen LogP contribution in [0.4, 0.5) is 0 Å². The molecule has 0 aromatic heterocycles. The monoisotopic (exact) mass is 262 g/mol. The van der Waals surface area contributed by atoms with E-state index in [0.29, 0.717) is 19.3 Å². The van der Waals surface area contributed by atoms with E-state index in [1.807, 2.05) is 0 Å². The molecule has 0 amide bonds. The second-order valence-electron chi connectivity index (χ2n) is 3.25. The van der Waals surface area contributed by atoms with Crippen molar-refractivity contribution in [2.24, 2.45) is 0 Å². The van der Waals surface area contributed by atoms with E-state index in [4.69, 9.17) is 46.4 Å². The van der Waals surface area contributed by atoms with Crippen molar-refractivity contribution in [1.82, 2.24) is 0 Å². The number of halogens is 4. The molecule has 13 heavy (non-hydrogen) atoms. The van der Waals surface area contributed by atoms with Crippen LogP contribution in [0.25, 0.3) is 0 Å². The number of hydrogen-bond donors (Lipinski definition) is 1. The molecule has 5 heteroatoms. The van der Waals surface area contributed by atoms with Crippen molar-refractivity contribution in [3.05, 3.63) is 12.7 Å². The van der Waals surface area contributed by atoms with Crippen molar-refractivity contribution >= 4 is 46.4 Å². The molecule has 1 N–H and O–H groups in total. The number of hydrogen-bond acceptors (Lipinski definition) is 1. The van der Waals surface area contributed by atoms with E-state index in [1.165, 1.54) is 6.08 Å². The topological polar surface area (TPSA) is 20.2 Å². The zero-order valence-electron chi connectivity index (χ0n) is 6.86. The summed E-state index contributed by atoms with van der Waals surface area (Å²) in [6, 6.07) is 0. The Morgan fingerprint density at radius 2 is 1.69 bits per heavy atom. The smallest absolute Gasteiger partial charge is 0.183 e. The van der Waals surface area contributed by atoms with E-state index in [1.54, 1.807) is 0 Å². The average Bonchev–Trinajstić information content (AvgIpc) is 2.01. The van der Waals surface area contributed by atoms with Crippen molar-refractivity contribution in [3.63, 3.8) is 0 Å². The predicted octanol–water partition coefficient (Wildman–Crippen LogP) is 3.44. The molecule has 76 valence electrons. The summed E-state index contributed by atoms with van der Waals surface area (Å²) in [4.78, 5) is -1.06. The maximum Gasteiger partial charge on any atom is 0.183 e. The fourth-order valence-corrected chi connectivity index (χ4v) is 2.62. The fraction of sp³-hybridized carbons (Fsp3) is 0.750. The third-order valence-corrected chi connectivity index (χ3v) is 5.16. The molecular weight excluding hydrogens is 254 g/mol. The molecule has 1 aliphatic carbocycles. The lowest BCUT2D eigenvalue weighted by atomic mass is 9.85. The van der Waals surface area contributed by atoms with Crippen LogP contribution in [0.2, 0.25) is 0 Å². The first-order valence-corrected chi connectivity index (χ1v) is 5.40. The Morgan fingerprint density at radius 1 is 1.15 bits per heavy atom. The van der Waals surface area contributed by atoms with Crippen molar-refractivity contribution in [1.29, 1.82) is 0 Å². The number of alkyl halides is 4. The highest BCUT2D eigenvalue weighted by molar-refractivity contribution is 6.58. The van der Waals surface area contributed by atoms with Crippen molar-refractivity contribution < 1.29 is 5.11 Å². The van der Waals surface area contributed by atoms with Gasteiger partial charge in [-0.3, -0.25) is 0 Å². The van der Waals surface area contributed by atoms with Gasteiger partial charge in [0.05, 0.1) is 4.87 Å². The van der Waals surface area contributed by atoms with Gasteiger partial charge in [-0.15, -0.1) is 18.2 Å². The van der Waals surface area contributed by atoms with Gasteiger partial charge in [-0.1, -0.05) is 40.9 Å². The SMILES string of the molecule is C=CC1(Cl)CCCC(O)(Cl)C1(Cl)Cl. The normalized spacial score (nSPS) is 44.4. The lowest BCUT2D eigenvalue weighted by Gasteiger charge is -2.47. The van der Waals surface area contributed by atoms with Crippen LogP contribution in [-0.2, 0) is 0 Å². The van der Waals surface area contributed by atoms with Gasteiger partial charge < -0.3 is 5.11 Å². The van der Waals surface area contributed by atoms with Crippen LogP contribution >= 0.6 is 46.4 Å². The van der Waals surface area contributed by atoms with Crippen molar-refractivity contribution in [2.75, 3.05) is 0 Å². The molecule has 2 atom stereocenters. The molecule has 2 unspecified atom stereocenters. The zero-order chi connectivity index (χ0) is 10.3. The molecule has 1 aliphatic rings. The lowest BCUT2D eigenvalue weighted by molar-refractivity contribution is 0.0663. The molecule has 0 radical (unpaired) electrons. The average molecular weight is 264 g/mol. The lowest BCUT2D eigenvalue weighted by Crippen LogP contribution is -2.57. The van der Waals surface area contributed by atoms with Crippen LogP contribution in [0, 0.1) is 0 Å². The Kier molecular flexibility index (Phi) is 3.18. The van der Waals surface area contributed by atoms with E-state index in [-0.39, 0.29) is 0 Å². The van der Waals surface area contributed by atoms with Gasteiger partial charge in [-0.2, -0.15) is 0 Å². The highest BCUT2D eigenvalue weighted by Gasteiger charge is 2.61. The quantitative estimate of drug-likeness (QED) is 0.568. The van der Waals surface area contributed by atoms with Crippen molar-refractivity contribution in [2.45, 2.75) is 33.5 Å². The van der Waals surface area contributed by atoms with Gasteiger partial charge in [-0.25, -0.2) is 0 Å². The van der Waals surface area contributed by atoms with Gasteiger partial charge >= 0.3 is 0 Å². The van der Waals surface area contributed by atoms with E-state index >= 15 is 0 Å². The summed E-state index contributed by atoms with van der Waals surface area (Å²) >= 11 is 23.8. The van der Waals surface area contributed by atoms with Gasteiger partial charge in [0, 0.05) is 0 Å². The molecule has 1 nitrogen and oxygen atoms in total. The molecule has 0 aliphatic heterocycles. The maximum atomic E-state index is 9.74. The largest absolute Gasteiger partial charge is 0.372 e.